The number of likely N-dealkylation sites (N-methyl/N-ethyl adjacent to an activating group) is 1. The number of nitrogens with one attached hydrogen (secondary N) is 1. The number of hydrogen-bond acceptors (Lipinski definition) is 7. The number of aliphatic hydroxyl groups excluding tert-OH is 1. The summed E-state index contributed by atoms with van der Waals surface area (Å²) in [6, 6.07) is 2.48. The third kappa shape index (κ3) is 3.95. The number of carbonyl (C=O) groups excluding carboxylic acids is 3. The molecule has 0 aliphatic carbocycles. The van der Waals surface area contributed by atoms with Crippen LogP contribution < -0.4 is 0 Å². The number of aromatic amines is 1. The van der Waals surface area contributed by atoms with Crippen molar-refractivity contribution in [3.8, 4) is 0 Å². The van der Waals surface area contributed by atoms with E-state index >= 15 is 0 Å². The van der Waals surface area contributed by atoms with Crippen molar-refractivity contribution in [2.75, 3.05) is 33.3 Å². The molecule has 2 aromatic rings. The minimum absolute atomic E-state index is 0.0638. The van der Waals surface area contributed by atoms with Crippen LogP contribution in [0.15, 0.2) is 28.4 Å². The summed E-state index contributed by atoms with van der Waals surface area (Å²) >= 11 is 0. The van der Waals surface area contributed by atoms with Crippen LogP contribution in [0, 0.1) is 13.8 Å². The van der Waals surface area contributed by atoms with Crippen LogP contribution in [0.25, 0.3) is 5.76 Å². The Hall–Kier alpha value is -3.33. The second-order valence-electron chi connectivity index (χ2n) is 7.65. The molecule has 1 saturated heterocycles. The molecule has 2 N–H and O–H groups in total. The van der Waals surface area contributed by atoms with Crippen molar-refractivity contribution < 1.29 is 28.6 Å². The van der Waals surface area contributed by atoms with Crippen LogP contribution in [-0.4, -0.2) is 70.8 Å². The second kappa shape index (κ2) is 9.44. The van der Waals surface area contributed by atoms with Crippen molar-refractivity contribution in [2.24, 2.45) is 0 Å². The molecule has 0 spiro atoms. The lowest BCUT2D eigenvalue weighted by molar-refractivity contribution is -0.140. The van der Waals surface area contributed by atoms with E-state index in [1.165, 1.54) is 18.3 Å². The molecule has 0 radical (unpaired) electrons. The minimum Gasteiger partial charge on any atom is -0.507 e. The quantitative estimate of drug-likeness (QED) is 0.279. The summed E-state index contributed by atoms with van der Waals surface area (Å²) in [5.41, 5.74) is 1.32. The summed E-state index contributed by atoms with van der Waals surface area (Å²) in [6.45, 7) is 9.86. The monoisotopic (exact) mass is 443 g/mol. The Morgan fingerprint density at radius 1 is 1.28 bits per heavy atom. The number of carbonyl (C=O) groups is 3. The first kappa shape index (κ1) is 23.3. The number of aromatic nitrogens is 1. The summed E-state index contributed by atoms with van der Waals surface area (Å²) < 4.78 is 10.3. The molecule has 3 rings (SSSR count). The van der Waals surface area contributed by atoms with Gasteiger partial charge in [-0.25, -0.2) is 4.79 Å². The molecular formula is C23H29N3O6. The first-order valence-corrected chi connectivity index (χ1v) is 10.6. The molecule has 9 heteroatoms. The maximum atomic E-state index is 13.1. The van der Waals surface area contributed by atoms with Gasteiger partial charge >= 0.3 is 5.97 Å². The number of furan rings is 1. The highest BCUT2D eigenvalue weighted by atomic mass is 16.5. The van der Waals surface area contributed by atoms with E-state index in [9.17, 15) is 19.5 Å². The zero-order chi connectivity index (χ0) is 23.6. The zero-order valence-electron chi connectivity index (χ0n) is 19.0. The number of aryl methyl sites for hydroxylation is 1. The predicted molar refractivity (Wildman–Crippen MR) is 117 cm³/mol. The molecule has 1 aliphatic rings. The average Bonchev–Trinajstić information content (AvgIpc) is 3.47. The number of aliphatic hydroxyl groups is 1. The fourth-order valence-corrected chi connectivity index (χ4v) is 4.19. The first-order valence-electron chi connectivity index (χ1n) is 10.6. The molecule has 9 nitrogen and oxygen atoms in total. The Morgan fingerprint density at radius 2 is 1.97 bits per heavy atom. The molecular weight excluding hydrogens is 414 g/mol. The normalized spacial score (nSPS) is 18.1. The number of Topliss-reactive ketones (excluding diaryl/α,β-unsaturated/α-hetero) is 1. The number of ketones is 1. The maximum absolute atomic E-state index is 13.1. The van der Waals surface area contributed by atoms with Crippen LogP contribution in [0.5, 0.6) is 0 Å². The number of esters is 1. The highest BCUT2D eigenvalue weighted by Crippen LogP contribution is 2.40. The van der Waals surface area contributed by atoms with E-state index in [1.54, 1.807) is 26.0 Å². The molecule has 0 saturated carbocycles. The minimum atomic E-state index is -0.865. The molecule has 0 unspecified atom stereocenters. The van der Waals surface area contributed by atoms with Gasteiger partial charge in [0.05, 0.1) is 18.9 Å². The van der Waals surface area contributed by atoms with E-state index < -0.39 is 23.7 Å². The molecule has 172 valence electrons. The fraction of sp³-hybridized carbons (Fsp3) is 0.435. The molecule has 0 bridgehead atoms. The second-order valence-corrected chi connectivity index (χ2v) is 7.65. The van der Waals surface area contributed by atoms with Crippen molar-refractivity contribution in [2.45, 2.75) is 33.7 Å². The van der Waals surface area contributed by atoms with Crippen molar-refractivity contribution in [1.29, 1.82) is 0 Å². The third-order valence-electron chi connectivity index (χ3n) is 5.97. The number of H-pyrrole nitrogens is 1. The molecule has 1 fully saturated rings. The molecule has 2 aromatic heterocycles. The Balaban J connectivity index is 2.12. The lowest BCUT2D eigenvalue weighted by Gasteiger charge is -2.26. The number of amides is 1. The smallest absolute Gasteiger partial charge is 0.354 e. The number of rotatable bonds is 8. The van der Waals surface area contributed by atoms with Crippen LogP contribution in [0.3, 0.4) is 0 Å². The zero-order valence-corrected chi connectivity index (χ0v) is 19.0. The van der Waals surface area contributed by atoms with Gasteiger partial charge in [0.25, 0.3) is 11.7 Å². The summed E-state index contributed by atoms with van der Waals surface area (Å²) in [5, 5.41) is 11.3. The fourth-order valence-electron chi connectivity index (χ4n) is 4.19. The lowest BCUT2D eigenvalue weighted by Crippen LogP contribution is -2.37. The highest BCUT2D eigenvalue weighted by molar-refractivity contribution is 6.46. The number of likely N-dealkylation sites (tertiary alicyclic amines) is 1. The van der Waals surface area contributed by atoms with Gasteiger partial charge in [0.2, 0.25) is 0 Å². The molecule has 0 aromatic carbocycles. The Labute approximate surface area is 186 Å². The Kier molecular flexibility index (Phi) is 6.88. The van der Waals surface area contributed by atoms with E-state index in [1.807, 2.05) is 13.8 Å². The summed E-state index contributed by atoms with van der Waals surface area (Å²) in [6.07, 6.45) is 1.46. The number of hydrogen-bond donors (Lipinski definition) is 2. The summed E-state index contributed by atoms with van der Waals surface area (Å²) in [4.78, 5) is 44.6. The summed E-state index contributed by atoms with van der Waals surface area (Å²) in [5.74, 6) is -2.05. The number of methoxy groups -OCH3 is 1. The molecule has 32 heavy (non-hydrogen) atoms. The van der Waals surface area contributed by atoms with Gasteiger partial charge in [-0.1, -0.05) is 13.8 Å². The van der Waals surface area contributed by atoms with Crippen molar-refractivity contribution >= 4 is 23.4 Å². The predicted octanol–water partition coefficient (Wildman–Crippen LogP) is 2.77. The SMILES string of the molecule is CCN(CC)CCN1C(=O)C(=O)C(=C(O)c2c(C)[nH]c(C(=O)OC)c2C)[C@H]1c1ccco1. The third-order valence-corrected chi connectivity index (χ3v) is 5.97. The summed E-state index contributed by atoms with van der Waals surface area (Å²) in [7, 11) is 1.26. The molecule has 1 aliphatic heterocycles. The van der Waals surface area contributed by atoms with E-state index in [4.69, 9.17) is 9.15 Å². The first-order chi connectivity index (χ1) is 15.3. The van der Waals surface area contributed by atoms with E-state index in [0.29, 0.717) is 35.7 Å². The van der Waals surface area contributed by atoms with Crippen molar-refractivity contribution in [3.05, 3.63) is 52.2 Å². The van der Waals surface area contributed by atoms with Gasteiger partial charge in [-0.15, -0.1) is 0 Å². The van der Waals surface area contributed by atoms with Gasteiger partial charge in [0.1, 0.15) is 23.3 Å². The topological polar surface area (TPSA) is 116 Å². The van der Waals surface area contributed by atoms with Crippen LogP contribution in [0.2, 0.25) is 0 Å². The maximum Gasteiger partial charge on any atom is 0.354 e. The van der Waals surface area contributed by atoms with E-state index in [-0.39, 0.29) is 17.0 Å². The van der Waals surface area contributed by atoms with Crippen LogP contribution in [-0.2, 0) is 14.3 Å². The van der Waals surface area contributed by atoms with E-state index in [0.717, 1.165) is 13.1 Å². The Morgan fingerprint density at radius 3 is 2.53 bits per heavy atom. The van der Waals surface area contributed by atoms with Gasteiger partial charge in [0.15, 0.2) is 0 Å². The van der Waals surface area contributed by atoms with Crippen LogP contribution >= 0.6 is 0 Å². The largest absolute Gasteiger partial charge is 0.507 e. The average molecular weight is 444 g/mol. The van der Waals surface area contributed by atoms with Gasteiger partial charge in [-0.05, 0) is 44.6 Å². The van der Waals surface area contributed by atoms with Gasteiger partial charge in [-0.2, -0.15) is 0 Å². The van der Waals surface area contributed by atoms with Gasteiger partial charge < -0.3 is 29.0 Å². The molecule has 3 heterocycles. The van der Waals surface area contributed by atoms with E-state index in [2.05, 4.69) is 9.88 Å². The molecule has 1 atom stereocenters. The van der Waals surface area contributed by atoms with Crippen molar-refractivity contribution in [3.63, 3.8) is 0 Å². The standard InChI is InChI=1S/C23H29N3O6/c1-6-25(7-2)10-11-26-19(15-9-8-12-32-15)17(21(28)22(26)29)20(27)16-13(3)18(23(30)31-5)24-14(16)4/h8-9,12,19,24,27H,6-7,10-11H2,1-5H3/t19-/m1/s1. The number of ether oxygens (including phenoxy) is 1. The van der Waals surface area contributed by atoms with Crippen LogP contribution in [0.4, 0.5) is 0 Å². The van der Waals surface area contributed by atoms with Crippen LogP contribution in [0.1, 0.15) is 53.0 Å². The lowest BCUT2D eigenvalue weighted by atomic mass is 9.97. The van der Waals surface area contributed by atoms with Gasteiger partial charge in [-0.3, -0.25) is 9.59 Å². The van der Waals surface area contributed by atoms with Gasteiger partial charge in [0, 0.05) is 24.3 Å². The molecule has 1 amide bonds. The highest BCUT2D eigenvalue weighted by Gasteiger charge is 2.47. The Bertz CT molecular complexity index is 1050. The number of nitrogens with zero attached hydrogens (tertiary/aromatic N) is 2. The van der Waals surface area contributed by atoms with Crippen molar-refractivity contribution in [1.82, 2.24) is 14.8 Å².